The Bertz CT molecular complexity index is 722. The number of rotatable bonds is 3. The van der Waals surface area contributed by atoms with Crippen LogP contribution < -0.4 is 10.6 Å². The summed E-state index contributed by atoms with van der Waals surface area (Å²) < 4.78 is 5.16. The quantitative estimate of drug-likeness (QED) is 0.865. The summed E-state index contributed by atoms with van der Waals surface area (Å²) in [7, 11) is 0. The molecule has 2 aromatic rings. The molecule has 2 N–H and O–H groups in total. The van der Waals surface area contributed by atoms with E-state index in [1.54, 1.807) is 57.2 Å². The van der Waals surface area contributed by atoms with Crippen LogP contribution in [0.1, 0.15) is 31.1 Å². The molecular formula is C17H18ClN3O3. The zero-order chi connectivity index (χ0) is 17.7. The van der Waals surface area contributed by atoms with E-state index in [-0.39, 0.29) is 5.91 Å². The van der Waals surface area contributed by atoms with Crippen LogP contribution in [0.4, 0.5) is 16.3 Å². The second-order valence-electron chi connectivity index (χ2n) is 6.02. The van der Waals surface area contributed by atoms with Crippen molar-refractivity contribution < 1.29 is 14.3 Å². The van der Waals surface area contributed by atoms with Crippen LogP contribution in [0, 0.1) is 0 Å². The van der Waals surface area contributed by atoms with Crippen molar-refractivity contribution in [1.82, 2.24) is 4.98 Å². The van der Waals surface area contributed by atoms with Gasteiger partial charge < -0.3 is 10.1 Å². The number of carbonyl (C=O) groups excluding carboxylic acids is 2. The van der Waals surface area contributed by atoms with Gasteiger partial charge in [0.2, 0.25) is 0 Å². The molecule has 0 aliphatic carbocycles. The predicted molar refractivity (Wildman–Crippen MR) is 93.5 cm³/mol. The molecule has 1 aromatic carbocycles. The van der Waals surface area contributed by atoms with E-state index >= 15 is 0 Å². The Labute approximate surface area is 145 Å². The van der Waals surface area contributed by atoms with Gasteiger partial charge in [0.05, 0.1) is 5.02 Å². The fourth-order valence-electron chi connectivity index (χ4n) is 1.76. The summed E-state index contributed by atoms with van der Waals surface area (Å²) >= 11 is 5.74. The number of halogens is 1. The molecule has 0 atom stereocenters. The fourth-order valence-corrected chi connectivity index (χ4v) is 1.88. The van der Waals surface area contributed by atoms with E-state index in [0.717, 1.165) is 0 Å². The SMILES string of the molecule is CC(C)(C)OC(=O)Nc1ccc(C(=O)Nc2ccc(Cl)cn2)cc1. The maximum atomic E-state index is 12.1. The average Bonchev–Trinajstić information content (AvgIpc) is 2.48. The van der Waals surface area contributed by atoms with Gasteiger partial charge in [0.25, 0.3) is 5.91 Å². The van der Waals surface area contributed by atoms with Gasteiger partial charge in [0, 0.05) is 17.4 Å². The lowest BCUT2D eigenvalue weighted by Gasteiger charge is -2.19. The number of nitrogens with one attached hydrogen (secondary N) is 2. The number of hydrogen-bond donors (Lipinski definition) is 2. The maximum absolute atomic E-state index is 12.1. The first kappa shape index (κ1) is 17.7. The molecule has 0 bridgehead atoms. The van der Waals surface area contributed by atoms with Crippen molar-refractivity contribution in [3.05, 3.63) is 53.2 Å². The number of ether oxygens (including phenoxy) is 1. The van der Waals surface area contributed by atoms with Gasteiger partial charge >= 0.3 is 6.09 Å². The van der Waals surface area contributed by atoms with Crippen molar-refractivity contribution in [1.29, 1.82) is 0 Å². The number of anilines is 2. The first-order valence-electron chi connectivity index (χ1n) is 7.26. The molecule has 2 rings (SSSR count). The van der Waals surface area contributed by atoms with Gasteiger partial charge in [0.15, 0.2) is 0 Å². The number of aromatic nitrogens is 1. The highest BCUT2D eigenvalue weighted by Gasteiger charge is 2.16. The summed E-state index contributed by atoms with van der Waals surface area (Å²) in [5, 5.41) is 5.75. The first-order valence-corrected chi connectivity index (χ1v) is 7.64. The van der Waals surface area contributed by atoms with Crippen molar-refractivity contribution in [3.8, 4) is 0 Å². The predicted octanol–water partition coefficient (Wildman–Crippen LogP) is 4.33. The Morgan fingerprint density at radius 3 is 2.25 bits per heavy atom. The Balaban J connectivity index is 1.97. The topological polar surface area (TPSA) is 80.3 Å². The zero-order valence-electron chi connectivity index (χ0n) is 13.6. The van der Waals surface area contributed by atoms with Gasteiger partial charge in [-0.2, -0.15) is 0 Å². The van der Waals surface area contributed by atoms with E-state index in [1.807, 2.05) is 0 Å². The molecule has 7 heteroatoms. The summed E-state index contributed by atoms with van der Waals surface area (Å²) in [6.45, 7) is 5.35. The number of carbonyl (C=O) groups is 2. The number of amides is 2. The Morgan fingerprint density at radius 2 is 1.71 bits per heavy atom. The Morgan fingerprint density at radius 1 is 1.04 bits per heavy atom. The van der Waals surface area contributed by atoms with Crippen molar-refractivity contribution >= 4 is 35.1 Å². The van der Waals surface area contributed by atoms with E-state index in [2.05, 4.69) is 15.6 Å². The summed E-state index contributed by atoms with van der Waals surface area (Å²) in [4.78, 5) is 27.8. The molecule has 0 unspecified atom stereocenters. The third-order valence-corrected chi connectivity index (χ3v) is 2.98. The van der Waals surface area contributed by atoms with E-state index in [9.17, 15) is 9.59 Å². The van der Waals surface area contributed by atoms with Crippen molar-refractivity contribution in [2.24, 2.45) is 0 Å². The molecule has 0 aliphatic heterocycles. The molecule has 2 amide bonds. The summed E-state index contributed by atoms with van der Waals surface area (Å²) in [5.41, 5.74) is 0.391. The van der Waals surface area contributed by atoms with Crippen LogP contribution in [0.15, 0.2) is 42.6 Å². The minimum Gasteiger partial charge on any atom is -0.444 e. The highest BCUT2D eigenvalue weighted by atomic mass is 35.5. The number of benzene rings is 1. The summed E-state index contributed by atoms with van der Waals surface area (Å²) in [6.07, 6.45) is 0.899. The van der Waals surface area contributed by atoms with Crippen molar-refractivity contribution in [2.75, 3.05) is 10.6 Å². The van der Waals surface area contributed by atoms with Crippen molar-refractivity contribution in [2.45, 2.75) is 26.4 Å². The molecule has 1 heterocycles. The van der Waals surface area contributed by atoms with Crippen LogP contribution in [0.2, 0.25) is 5.02 Å². The molecule has 1 aromatic heterocycles. The molecule has 6 nitrogen and oxygen atoms in total. The second-order valence-corrected chi connectivity index (χ2v) is 6.46. The van der Waals surface area contributed by atoms with Crippen LogP contribution in [0.3, 0.4) is 0 Å². The molecule has 0 saturated carbocycles. The van der Waals surface area contributed by atoms with Crippen LogP contribution >= 0.6 is 11.6 Å². The monoisotopic (exact) mass is 347 g/mol. The first-order chi connectivity index (χ1) is 11.2. The van der Waals surface area contributed by atoms with Gasteiger partial charge in [-0.1, -0.05) is 11.6 Å². The normalized spacial score (nSPS) is 10.8. The van der Waals surface area contributed by atoms with E-state index in [1.165, 1.54) is 6.20 Å². The fraction of sp³-hybridized carbons (Fsp3) is 0.235. The molecule has 24 heavy (non-hydrogen) atoms. The van der Waals surface area contributed by atoms with E-state index in [0.29, 0.717) is 22.1 Å². The maximum Gasteiger partial charge on any atom is 0.412 e. The van der Waals surface area contributed by atoms with Gasteiger partial charge in [-0.15, -0.1) is 0 Å². The standard InChI is InChI=1S/C17H18ClN3O3/c1-17(2,3)24-16(23)20-13-7-4-11(5-8-13)15(22)21-14-9-6-12(18)10-19-14/h4-10H,1-3H3,(H,20,23)(H,19,21,22). The molecule has 126 valence electrons. The summed E-state index contributed by atoms with van der Waals surface area (Å²) in [5.74, 6) is 0.0917. The lowest BCUT2D eigenvalue weighted by atomic mass is 10.2. The van der Waals surface area contributed by atoms with Crippen molar-refractivity contribution in [3.63, 3.8) is 0 Å². The summed E-state index contributed by atoms with van der Waals surface area (Å²) in [6, 6.07) is 9.68. The Kier molecular flexibility index (Phi) is 5.41. The van der Waals surface area contributed by atoms with E-state index < -0.39 is 11.7 Å². The average molecular weight is 348 g/mol. The molecule has 0 aliphatic rings. The van der Waals surface area contributed by atoms with Gasteiger partial charge in [-0.3, -0.25) is 10.1 Å². The molecule has 0 fully saturated rings. The van der Waals surface area contributed by atoms with Crippen LogP contribution in [0.25, 0.3) is 0 Å². The highest BCUT2D eigenvalue weighted by Crippen LogP contribution is 2.15. The molecule has 0 radical (unpaired) electrons. The van der Waals surface area contributed by atoms with Crippen LogP contribution in [-0.4, -0.2) is 22.6 Å². The van der Waals surface area contributed by atoms with Gasteiger partial charge in [-0.25, -0.2) is 9.78 Å². The third-order valence-electron chi connectivity index (χ3n) is 2.76. The lowest BCUT2D eigenvalue weighted by molar-refractivity contribution is 0.0636. The van der Waals surface area contributed by atoms with Gasteiger partial charge in [-0.05, 0) is 57.2 Å². The minimum absolute atomic E-state index is 0.311. The minimum atomic E-state index is -0.574. The lowest BCUT2D eigenvalue weighted by Crippen LogP contribution is -2.27. The highest BCUT2D eigenvalue weighted by molar-refractivity contribution is 6.30. The van der Waals surface area contributed by atoms with Gasteiger partial charge in [0.1, 0.15) is 11.4 Å². The second kappa shape index (κ2) is 7.31. The zero-order valence-corrected chi connectivity index (χ0v) is 14.3. The number of pyridine rings is 1. The third kappa shape index (κ3) is 5.55. The van der Waals surface area contributed by atoms with E-state index in [4.69, 9.17) is 16.3 Å². The van der Waals surface area contributed by atoms with Crippen LogP contribution in [0.5, 0.6) is 0 Å². The Hall–Kier alpha value is -2.60. The largest absolute Gasteiger partial charge is 0.444 e. The molecular weight excluding hydrogens is 330 g/mol. The molecule has 0 spiro atoms. The smallest absolute Gasteiger partial charge is 0.412 e. The molecule has 0 saturated heterocycles. The number of nitrogens with zero attached hydrogens (tertiary/aromatic N) is 1. The van der Waals surface area contributed by atoms with Crippen LogP contribution in [-0.2, 0) is 4.74 Å². The number of hydrogen-bond acceptors (Lipinski definition) is 4.